The SMILES string of the molecule is CC(C)(C)C(=O)C(C)(C)C.CC(C)(C)C(O)C(C)(C)C.CO.[B].[H-].[Na+]. The minimum absolute atomic E-state index is 0. The van der Waals surface area contributed by atoms with Gasteiger partial charge in [0.1, 0.15) is 5.78 Å². The van der Waals surface area contributed by atoms with Crippen molar-refractivity contribution in [3.8, 4) is 0 Å². The number of carbonyl (C=O) groups excluding carboxylic acids is 1. The molecule has 0 saturated carbocycles. The maximum atomic E-state index is 11.5. The third-order valence-corrected chi connectivity index (χ3v) is 3.00. The summed E-state index contributed by atoms with van der Waals surface area (Å²) >= 11 is 0. The number of ketones is 1. The normalized spacial score (nSPS) is 11.8. The van der Waals surface area contributed by atoms with Crippen molar-refractivity contribution in [1.82, 2.24) is 0 Å². The summed E-state index contributed by atoms with van der Waals surface area (Å²) in [6.07, 6.45) is -0.236. The molecule has 0 atom stereocenters. The zero-order valence-corrected chi connectivity index (χ0v) is 21.0. The number of aliphatic hydroxyl groups is 2. The molecule has 0 aromatic heterocycles. The Kier molecular flexibility index (Phi) is 19.2. The smallest absolute Gasteiger partial charge is 1.00 e. The number of hydrogen-bond donors (Lipinski definition) is 2. The van der Waals surface area contributed by atoms with Gasteiger partial charge in [-0.2, -0.15) is 0 Å². The van der Waals surface area contributed by atoms with E-state index in [1.54, 1.807) is 0 Å². The molecule has 0 aliphatic rings. The average molecular weight is 353 g/mol. The molecule has 0 unspecified atom stereocenters. The van der Waals surface area contributed by atoms with Crippen LogP contribution in [0.5, 0.6) is 0 Å². The fourth-order valence-corrected chi connectivity index (χ4v) is 2.42. The van der Waals surface area contributed by atoms with Gasteiger partial charge >= 0.3 is 29.6 Å². The van der Waals surface area contributed by atoms with Gasteiger partial charge < -0.3 is 11.6 Å². The largest absolute Gasteiger partial charge is 1.00 e. The van der Waals surface area contributed by atoms with Gasteiger partial charge in [0.25, 0.3) is 0 Å². The van der Waals surface area contributed by atoms with E-state index in [2.05, 4.69) is 41.5 Å². The second kappa shape index (κ2) is 12.9. The minimum atomic E-state index is -0.236. The zero-order chi connectivity index (χ0) is 19.2. The molecule has 0 bridgehead atoms. The van der Waals surface area contributed by atoms with E-state index in [9.17, 15) is 9.90 Å². The fraction of sp³-hybridized carbons (Fsp3) is 0.947. The first-order valence-corrected chi connectivity index (χ1v) is 7.99. The third kappa shape index (κ3) is 17.5. The zero-order valence-electron chi connectivity index (χ0n) is 20.0. The van der Waals surface area contributed by atoms with Crippen LogP contribution in [0.25, 0.3) is 0 Å². The molecule has 24 heavy (non-hydrogen) atoms. The Morgan fingerprint density at radius 2 is 0.875 bits per heavy atom. The molecular formula is C19H43BNaO3. The van der Waals surface area contributed by atoms with Crippen LogP contribution in [0.3, 0.4) is 0 Å². The van der Waals surface area contributed by atoms with Crippen molar-refractivity contribution in [3.05, 3.63) is 0 Å². The Labute approximate surface area is 177 Å². The van der Waals surface area contributed by atoms with E-state index in [0.717, 1.165) is 7.11 Å². The van der Waals surface area contributed by atoms with Gasteiger partial charge in [0.05, 0.1) is 6.10 Å². The van der Waals surface area contributed by atoms with Gasteiger partial charge in [-0.1, -0.05) is 83.1 Å². The predicted octanol–water partition coefficient (Wildman–Crippen LogP) is 1.43. The topological polar surface area (TPSA) is 57.5 Å². The average Bonchev–Trinajstić information content (AvgIpc) is 2.25. The van der Waals surface area contributed by atoms with E-state index in [0.29, 0.717) is 5.78 Å². The van der Waals surface area contributed by atoms with E-state index in [1.165, 1.54) is 0 Å². The molecule has 0 aliphatic carbocycles. The Morgan fingerprint density at radius 1 is 0.708 bits per heavy atom. The summed E-state index contributed by atoms with van der Waals surface area (Å²) in [5.74, 6) is 0.319. The predicted molar refractivity (Wildman–Crippen MR) is 104 cm³/mol. The van der Waals surface area contributed by atoms with Crippen LogP contribution < -0.4 is 29.6 Å². The Morgan fingerprint density at radius 3 is 0.875 bits per heavy atom. The van der Waals surface area contributed by atoms with Gasteiger partial charge in [0, 0.05) is 26.4 Å². The summed E-state index contributed by atoms with van der Waals surface area (Å²) in [5.41, 5.74) is -0.396. The summed E-state index contributed by atoms with van der Waals surface area (Å²) < 4.78 is 0. The fourth-order valence-electron chi connectivity index (χ4n) is 2.42. The first-order valence-electron chi connectivity index (χ1n) is 7.99. The van der Waals surface area contributed by atoms with E-state index < -0.39 is 0 Å². The van der Waals surface area contributed by atoms with Crippen molar-refractivity contribution >= 4 is 14.2 Å². The molecule has 0 aromatic carbocycles. The van der Waals surface area contributed by atoms with Gasteiger partial charge in [0.15, 0.2) is 0 Å². The summed E-state index contributed by atoms with van der Waals surface area (Å²) in [4.78, 5) is 11.5. The molecule has 0 spiro atoms. The molecule has 3 nitrogen and oxygen atoms in total. The van der Waals surface area contributed by atoms with E-state index in [1.807, 2.05) is 41.5 Å². The summed E-state index contributed by atoms with van der Waals surface area (Å²) in [5, 5.41) is 16.7. The third-order valence-electron chi connectivity index (χ3n) is 3.00. The summed E-state index contributed by atoms with van der Waals surface area (Å²) in [6.45, 7) is 24.1. The first-order chi connectivity index (χ1) is 9.31. The van der Waals surface area contributed by atoms with E-state index in [4.69, 9.17) is 5.11 Å². The van der Waals surface area contributed by atoms with Crippen LogP contribution in [0.1, 0.15) is 84.5 Å². The molecule has 0 aliphatic heterocycles. The van der Waals surface area contributed by atoms with Crippen LogP contribution in [0.2, 0.25) is 0 Å². The monoisotopic (exact) mass is 353 g/mol. The van der Waals surface area contributed by atoms with Gasteiger partial charge in [-0.05, 0) is 10.8 Å². The second-order valence-corrected chi connectivity index (χ2v) is 9.96. The van der Waals surface area contributed by atoms with E-state index in [-0.39, 0.29) is 67.2 Å². The number of Topliss-reactive ketones (excluding diaryl/α,β-unsaturated/α-hetero) is 1. The van der Waals surface area contributed by atoms with Crippen molar-refractivity contribution in [1.29, 1.82) is 0 Å². The van der Waals surface area contributed by atoms with Gasteiger partial charge in [-0.3, -0.25) is 4.79 Å². The molecule has 0 aromatic rings. The maximum Gasteiger partial charge on any atom is 1.00 e. The van der Waals surface area contributed by atoms with Crippen LogP contribution in [-0.2, 0) is 4.79 Å². The molecule has 0 heterocycles. The molecular weight excluding hydrogens is 310 g/mol. The van der Waals surface area contributed by atoms with Crippen LogP contribution in [-0.4, -0.2) is 37.6 Å². The summed E-state index contributed by atoms with van der Waals surface area (Å²) in [6, 6.07) is 0. The molecule has 5 heteroatoms. The molecule has 0 amide bonds. The van der Waals surface area contributed by atoms with Crippen LogP contribution in [0, 0.1) is 21.7 Å². The van der Waals surface area contributed by atoms with Crippen LogP contribution in [0.4, 0.5) is 0 Å². The van der Waals surface area contributed by atoms with Crippen LogP contribution >= 0.6 is 0 Å². The Balaban J connectivity index is -0.0000000591. The summed E-state index contributed by atoms with van der Waals surface area (Å²) in [7, 11) is 1.00. The number of rotatable bonds is 0. The van der Waals surface area contributed by atoms with Crippen molar-refractivity contribution < 1.29 is 46.0 Å². The molecule has 0 fully saturated rings. The molecule has 3 radical (unpaired) electrons. The van der Waals surface area contributed by atoms with Crippen molar-refractivity contribution in [2.45, 2.75) is 89.2 Å². The second-order valence-electron chi connectivity index (χ2n) is 9.96. The van der Waals surface area contributed by atoms with E-state index >= 15 is 0 Å². The van der Waals surface area contributed by atoms with Crippen molar-refractivity contribution in [2.24, 2.45) is 21.7 Å². The molecule has 0 rings (SSSR count). The number of carbonyl (C=O) groups is 1. The van der Waals surface area contributed by atoms with Gasteiger partial charge in [-0.25, -0.2) is 0 Å². The standard InChI is InChI=1S/C9H20O.C9H18O.CH4O.B.Na.H/c2*1-8(2,3)7(10)9(4,5)6;1-2;;;/h7,10H,1-6H3;1-6H3;2H,1H3;;;/q;;;;+1;-1. The molecule has 0 saturated heterocycles. The molecule has 2 N–H and O–H groups in total. The van der Waals surface area contributed by atoms with Crippen LogP contribution in [0.15, 0.2) is 0 Å². The number of aliphatic hydroxyl groups excluding tert-OH is 2. The Hall–Kier alpha value is 0.655. The minimum Gasteiger partial charge on any atom is -1.00 e. The Bertz CT molecular complexity index is 292. The number of hydrogen-bond acceptors (Lipinski definition) is 3. The maximum absolute atomic E-state index is 11.5. The van der Waals surface area contributed by atoms with Gasteiger partial charge in [0.2, 0.25) is 0 Å². The molecule has 141 valence electrons. The quantitative estimate of drug-likeness (QED) is 0.648. The first kappa shape index (κ1) is 35.7. The van der Waals surface area contributed by atoms with Gasteiger partial charge in [-0.15, -0.1) is 0 Å². The van der Waals surface area contributed by atoms with Crippen molar-refractivity contribution in [2.75, 3.05) is 7.11 Å². The van der Waals surface area contributed by atoms with Crippen molar-refractivity contribution in [3.63, 3.8) is 0 Å².